The summed E-state index contributed by atoms with van der Waals surface area (Å²) in [6.07, 6.45) is 0.494. The molecule has 44 heavy (non-hydrogen) atoms. The van der Waals surface area contributed by atoms with Crippen molar-refractivity contribution in [2.45, 2.75) is 43.2 Å². The van der Waals surface area contributed by atoms with Crippen LogP contribution in [0.4, 0.5) is 0 Å². The summed E-state index contributed by atoms with van der Waals surface area (Å²) in [5.41, 5.74) is 4.31. The monoisotopic (exact) mass is 620 g/mol. The fourth-order valence-electron chi connectivity index (χ4n) is 5.41. The Morgan fingerprint density at radius 2 is 1.66 bits per heavy atom. The number of para-hydroxylation sites is 1. The lowest BCUT2D eigenvalue weighted by molar-refractivity contribution is -0.150. The summed E-state index contributed by atoms with van der Waals surface area (Å²) < 4.78 is 13.8. The van der Waals surface area contributed by atoms with E-state index >= 15 is 0 Å². The molecule has 222 valence electrons. The number of ether oxygens (including phenoxy) is 2. The maximum atomic E-state index is 12.9. The predicted octanol–water partition coefficient (Wildman–Crippen LogP) is 9.36. The van der Waals surface area contributed by atoms with Crippen molar-refractivity contribution in [3.63, 3.8) is 0 Å². The van der Waals surface area contributed by atoms with E-state index in [9.17, 15) is 4.79 Å². The van der Waals surface area contributed by atoms with Gasteiger partial charge in [0.15, 0.2) is 0 Å². The highest BCUT2D eigenvalue weighted by Gasteiger charge is 2.33. The van der Waals surface area contributed by atoms with Gasteiger partial charge >= 0.3 is 5.97 Å². The molecule has 0 saturated heterocycles. The topological polar surface area (TPSA) is 53.4 Å². The van der Waals surface area contributed by atoms with Gasteiger partial charge in [0.2, 0.25) is 0 Å². The lowest BCUT2D eigenvalue weighted by Gasteiger charge is -2.23. The van der Waals surface area contributed by atoms with Gasteiger partial charge < -0.3 is 14.0 Å². The standard InChI is InChI=1S/C37H33ClN2O3S/c1-37(2,36(41)42-3)22-34-35(44-30-10-5-4-6-11-30)31-21-29(43-24-28-18-15-26-9-7-8-12-32(26)39-28)19-20-33(31)40(34)23-25-13-16-27(38)17-14-25/h4-21H,22-24H2,1-3H3. The number of methoxy groups -OCH3 is 1. The van der Waals surface area contributed by atoms with Gasteiger partial charge in [-0.1, -0.05) is 78.0 Å². The second-order valence-corrected chi connectivity index (χ2v) is 12.9. The van der Waals surface area contributed by atoms with Crippen molar-refractivity contribution in [1.29, 1.82) is 0 Å². The minimum absolute atomic E-state index is 0.247. The molecule has 5 nitrogen and oxygen atoms in total. The summed E-state index contributed by atoms with van der Waals surface area (Å²) >= 11 is 7.91. The van der Waals surface area contributed by atoms with Gasteiger partial charge in [0, 0.05) is 49.8 Å². The fourth-order valence-corrected chi connectivity index (χ4v) is 6.64. The van der Waals surface area contributed by atoms with Crippen LogP contribution >= 0.6 is 23.4 Å². The van der Waals surface area contributed by atoms with Crippen LogP contribution in [0.5, 0.6) is 5.75 Å². The van der Waals surface area contributed by atoms with Crippen LogP contribution in [-0.4, -0.2) is 22.6 Å². The number of hydrogen-bond donors (Lipinski definition) is 0. The molecule has 0 amide bonds. The molecule has 2 heterocycles. The van der Waals surface area contributed by atoms with Crippen LogP contribution in [0.2, 0.25) is 5.02 Å². The van der Waals surface area contributed by atoms with E-state index in [1.54, 1.807) is 11.8 Å². The SMILES string of the molecule is COC(=O)C(C)(C)Cc1c(Sc2ccccc2)c2cc(OCc3ccc4ccccc4n3)ccc2n1Cc1ccc(Cl)cc1. The minimum atomic E-state index is -0.742. The van der Waals surface area contributed by atoms with Crippen molar-refractivity contribution < 1.29 is 14.3 Å². The van der Waals surface area contributed by atoms with Gasteiger partial charge in [0.05, 0.1) is 23.7 Å². The number of rotatable bonds is 10. The van der Waals surface area contributed by atoms with E-state index in [0.717, 1.165) is 54.3 Å². The number of halogens is 1. The Balaban J connectivity index is 1.44. The van der Waals surface area contributed by atoms with Crippen molar-refractivity contribution in [2.75, 3.05) is 7.11 Å². The number of nitrogens with zero attached hydrogens (tertiary/aromatic N) is 2. The number of carbonyl (C=O) groups excluding carboxylic acids is 1. The molecule has 0 N–H and O–H groups in total. The number of esters is 1. The first-order chi connectivity index (χ1) is 21.3. The third-order valence-corrected chi connectivity index (χ3v) is 9.12. The van der Waals surface area contributed by atoms with Crippen LogP contribution in [0, 0.1) is 5.41 Å². The number of carbonyl (C=O) groups is 1. The molecule has 0 spiro atoms. The molecule has 2 aromatic heterocycles. The van der Waals surface area contributed by atoms with Gasteiger partial charge in [-0.2, -0.15) is 0 Å². The first kappa shape index (κ1) is 29.8. The lowest BCUT2D eigenvalue weighted by Crippen LogP contribution is -2.29. The van der Waals surface area contributed by atoms with E-state index in [1.165, 1.54) is 7.11 Å². The first-order valence-corrected chi connectivity index (χ1v) is 15.7. The zero-order valence-corrected chi connectivity index (χ0v) is 26.5. The zero-order valence-electron chi connectivity index (χ0n) is 24.9. The highest BCUT2D eigenvalue weighted by molar-refractivity contribution is 7.99. The molecule has 0 atom stereocenters. The highest BCUT2D eigenvalue weighted by atomic mass is 35.5. The smallest absolute Gasteiger partial charge is 0.311 e. The van der Waals surface area contributed by atoms with E-state index in [0.29, 0.717) is 24.6 Å². The maximum Gasteiger partial charge on any atom is 0.311 e. The average Bonchev–Trinajstić information content (AvgIpc) is 3.31. The Hall–Kier alpha value is -4.26. The van der Waals surface area contributed by atoms with Crippen LogP contribution in [0.1, 0.15) is 30.8 Å². The third-order valence-electron chi connectivity index (χ3n) is 7.70. The van der Waals surface area contributed by atoms with Crippen molar-refractivity contribution in [1.82, 2.24) is 9.55 Å². The predicted molar refractivity (Wildman–Crippen MR) is 179 cm³/mol. The third kappa shape index (κ3) is 6.47. The number of aromatic nitrogens is 2. The molecule has 0 saturated carbocycles. The Labute approximate surface area is 266 Å². The Morgan fingerprint density at radius 3 is 2.43 bits per heavy atom. The van der Waals surface area contributed by atoms with E-state index in [-0.39, 0.29) is 5.97 Å². The molecule has 0 bridgehead atoms. The number of pyridine rings is 1. The average molecular weight is 621 g/mol. The summed E-state index contributed by atoms with van der Waals surface area (Å²) in [6, 6.07) is 36.6. The van der Waals surface area contributed by atoms with Gasteiger partial charge in [-0.15, -0.1) is 0 Å². The van der Waals surface area contributed by atoms with Crippen LogP contribution < -0.4 is 4.74 Å². The van der Waals surface area contributed by atoms with Crippen molar-refractivity contribution >= 4 is 51.1 Å². The molecule has 0 radical (unpaired) electrons. The van der Waals surface area contributed by atoms with Crippen LogP contribution in [0.3, 0.4) is 0 Å². The number of fused-ring (bicyclic) bond motifs is 2. The molecule has 6 rings (SSSR count). The van der Waals surface area contributed by atoms with Crippen molar-refractivity contribution in [2.24, 2.45) is 5.41 Å². The van der Waals surface area contributed by atoms with Crippen LogP contribution in [-0.2, 0) is 29.1 Å². The second-order valence-electron chi connectivity index (χ2n) is 11.4. The molecule has 0 aliphatic carbocycles. The summed E-state index contributed by atoms with van der Waals surface area (Å²) in [7, 11) is 1.45. The molecule has 0 unspecified atom stereocenters. The summed E-state index contributed by atoms with van der Waals surface area (Å²) in [5, 5.41) is 2.86. The van der Waals surface area contributed by atoms with Crippen LogP contribution in [0.15, 0.2) is 119 Å². The van der Waals surface area contributed by atoms with Crippen LogP contribution in [0.25, 0.3) is 21.8 Å². The van der Waals surface area contributed by atoms with Gasteiger partial charge in [0.25, 0.3) is 0 Å². The highest BCUT2D eigenvalue weighted by Crippen LogP contribution is 2.43. The first-order valence-electron chi connectivity index (χ1n) is 14.5. The van der Waals surface area contributed by atoms with Crippen molar-refractivity contribution in [3.8, 4) is 5.75 Å². The quantitative estimate of drug-likeness (QED) is 0.143. The number of hydrogen-bond acceptors (Lipinski definition) is 5. The Kier molecular flexibility index (Phi) is 8.65. The molecule has 6 aromatic rings. The fraction of sp³-hybridized carbons (Fsp3) is 0.189. The largest absolute Gasteiger partial charge is 0.487 e. The zero-order chi connectivity index (χ0) is 30.7. The molecule has 0 fully saturated rings. The Morgan fingerprint density at radius 1 is 0.909 bits per heavy atom. The summed E-state index contributed by atoms with van der Waals surface area (Å²) in [4.78, 5) is 19.9. The van der Waals surface area contributed by atoms with E-state index < -0.39 is 5.41 Å². The van der Waals surface area contributed by atoms with Gasteiger partial charge in [-0.05, 0) is 74.0 Å². The van der Waals surface area contributed by atoms with Gasteiger partial charge in [-0.3, -0.25) is 4.79 Å². The minimum Gasteiger partial charge on any atom is -0.487 e. The molecule has 0 aliphatic heterocycles. The maximum absolute atomic E-state index is 12.9. The van der Waals surface area contributed by atoms with E-state index in [4.69, 9.17) is 26.1 Å². The molecular formula is C37H33ClN2O3S. The molecule has 0 aliphatic rings. The lowest BCUT2D eigenvalue weighted by atomic mass is 9.87. The summed E-state index contributed by atoms with van der Waals surface area (Å²) in [6.45, 7) is 4.85. The second kappa shape index (κ2) is 12.8. The van der Waals surface area contributed by atoms with Crippen molar-refractivity contribution in [3.05, 3.63) is 131 Å². The number of benzene rings is 4. The van der Waals surface area contributed by atoms with Gasteiger partial charge in [0.1, 0.15) is 12.4 Å². The molecule has 7 heteroatoms. The normalized spacial score (nSPS) is 11.6. The van der Waals surface area contributed by atoms with Gasteiger partial charge in [-0.25, -0.2) is 4.98 Å². The molecular weight excluding hydrogens is 588 g/mol. The van der Waals surface area contributed by atoms with E-state index in [2.05, 4.69) is 41.0 Å². The van der Waals surface area contributed by atoms with E-state index in [1.807, 2.05) is 86.6 Å². The molecule has 4 aromatic carbocycles. The Bertz CT molecular complexity index is 1930. The summed E-state index contributed by atoms with van der Waals surface area (Å²) in [5.74, 6) is 0.508.